The van der Waals surface area contributed by atoms with Gasteiger partial charge >= 0.3 is 0 Å². The first-order chi connectivity index (χ1) is 8.27. The number of nitriles is 1. The summed E-state index contributed by atoms with van der Waals surface area (Å²) >= 11 is 1.60. The van der Waals surface area contributed by atoms with Gasteiger partial charge in [-0.05, 0) is 35.2 Å². The summed E-state index contributed by atoms with van der Waals surface area (Å²) in [4.78, 5) is 12.1. The summed E-state index contributed by atoms with van der Waals surface area (Å²) in [7, 11) is 0. The van der Waals surface area contributed by atoms with Gasteiger partial charge in [0.25, 0.3) is 0 Å². The van der Waals surface area contributed by atoms with E-state index in [-0.39, 0.29) is 5.91 Å². The SMILES string of the molecule is N#CC1(C(=O)NCc2ccsc2)CCOCC1. The van der Waals surface area contributed by atoms with E-state index >= 15 is 0 Å². The third kappa shape index (κ3) is 2.65. The van der Waals surface area contributed by atoms with Crippen molar-refractivity contribution in [1.82, 2.24) is 5.32 Å². The zero-order valence-corrected chi connectivity index (χ0v) is 10.3. The maximum Gasteiger partial charge on any atom is 0.240 e. The molecule has 1 aliphatic rings. The lowest BCUT2D eigenvalue weighted by Gasteiger charge is -2.29. The Bertz CT molecular complexity index is 416. The van der Waals surface area contributed by atoms with E-state index < -0.39 is 5.41 Å². The van der Waals surface area contributed by atoms with Gasteiger partial charge in [0.05, 0.1) is 6.07 Å². The number of thiophene rings is 1. The average molecular weight is 250 g/mol. The Morgan fingerprint density at radius 1 is 1.59 bits per heavy atom. The minimum absolute atomic E-state index is 0.172. The summed E-state index contributed by atoms with van der Waals surface area (Å²) in [6.45, 7) is 1.46. The summed E-state index contributed by atoms with van der Waals surface area (Å²) in [5.74, 6) is -0.172. The molecule has 17 heavy (non-hydrogen) atoms. The zero-order chi connectivity index (χ0) is 12.1. The first-order valence-electron chi connectivity index (χ1n) is 5.55. The molecular weight excluding hydrogens is 236 g/mol. The predicted molar refractivity (Wildman–Crippen MR) is 64.3 cm³/mol. The summed E-state index contributed by atoms with van der Waals surface area (Å²) < 4.78 is 5.20. The molecule has 0 aliphatic carbocycles. The van der Waals surface area contributed by atoms with Gasteiger partial charge in [-0.15, -0.1) is 0 Å². The topological polar surface area (TPSA) is 62.1 Å². The fraction of sp³-hybridized carbons (Fsp3) is 0.500. The van der Waals surface area contributed by atoms with Crippen molar-refractivity contribution in [2.45, 2.75) is 19.4 Å². The largest absolute Gasteiger partial charge is 0.381 e. The Kier molecular flexibility index (Phi) is 3.77. The van der Waals surface area contributed by atoms with Crippen LogP contribution in [0.25, 0.3) is 0 Å². The number of carbonyl (C=O) groups is 1. The van der Waals surface area contributed by atoms with Crippen molar-refractivity contribution in [3.05, 3.63) is 22.4 Å². The Morgan fingerprint density at radius 3 is 2.94 bits per heavy atom. The molecule has 0 spiro atoms. The monoisotopic (exact) mass is 250 g/mol. The van der Waals surface area contributed by atoms with Crippen molar-refractivity contribution < 1.29 is 9.53 Å². The zero-order valence-electron chi connectivity index (χ0n) is 9.44. The molecule has 90 valence electrons. The van der Waals surface area contributed by atoms with Crippen LogP contribution in [0.3, 0.4) is 0 Å². The first-order valence-corrected chi connectivity index (χ1v) is 6.49. The van der Waals surface area contributed by atoms with Gasteiger partial charge in [0.15, 0.2) is 0 Å². The number of nitrogens with one attached hydrogen (secondary N) is 1. The van der Waals surface area contributed by atoms with Gasteiger partial charge in [0.1, 0.15) is 5.41 Å². The lowest BCUT2D eigenvalue weighted by molar-refractivity contribution is -0.132. The van der Waals surface area contributed by atoms with Gasteiger partial charge in [-0.25, -0.2) is 0 Å². The van der Waals surface area contributed by atoms with Crippen LogP contribution >= 0.6 is 11.3 Å². The molecule has 0 unspecified atom stereocenters. The molecular formula is C12H14N2O2S. The molecule has 0 atom stereocenters. The minimum Gasteiger partial charge on any atom is -0.381 e. The molecule has 5 heteroatoms. The van der Waals surface area contributed by atoms with Crippen LogP contribution in [0.4, 0.5) is 0 Å². The van der Waals surface area contributed by atoms with E-state index in [4.69, 9.17) is 4.74 Å². The van der Waals surface area contributed by atoms with Crippen LogP contribution in [0.1, 0.15) is 18.4 Å². The van der Waals surface area contributed by atoms with E-state index in [0.717, 1.165) is 5.56 Å². The Labute approximate surface area is 104 Å². The second-order valence-corrected chi connectivity index (χ2v) is 4.90. The fourth-order valence-corrected chi connectivity index (χ4v) is 2.52. The van der Waals surface area contributed by atoms with E-state index in [1.807, 2.05) is 16.8 Å². The number of carbonyl (C=O) groups excluding carboxylic acids is 1. The third-order valence-electron chi connectivity index (χ3n) is 3.03. The van der Waals surface area contributed by atoms with Crippen LogP contribution in [0, 0.1) is 16.7 Å². The van der Waals surface area contributed by atoms with Gasteiger partial charge in [-0.2, -0.15) is 16.6 Å². The number of rotatable bonds is 3. The van der Waals surface area contributed by atoms with Crippen LogP contribution < -0.4 is 5.32 Å². The molecule has 1 fully saturated rings. The van der Waals surface area contributed by atoms with Crippen molar-refractivity contribution in [2.24, 2.45) is 5.41 Å². The Balaban J connectivity index is 1.96. The molecule has 0 radical (unpaired) electrons. The minimum atomic E-state index is -0.895. The van der Waals surface area contributed by atoms with E-state index in [0.29, 0.717) is 32.6 Å². The lowest BCUT2D eigenvalue weighted by Crippen LogP contribution is -2.43. The molecule has 2 heterocycles. The average Bonchev–Trinajstić information content (AvgIpc) is 2.90. The lowest BCUT2D eigenvalue weighted by atomic mass is 9.81. The molecule has 0 bridgehead atoms. The highest BCUT2D eigenvalue weighted by atomic mass is 32.1. The Morgan fingerprint density at radius 2 is 2.35 bits per heavy atom. The van der Waals surface area contributed by atoms with Crippen LogP contribution in [-0.4, -0.2) is 19.1 Å². The molecule has 1 N–H and O–H groups in total. The smallest absolute Gasteiger partial charge is 0.240 e. The van der Waals surface area contributed by atoms with Crippen molar-refractivity contribution in [3.8, 4) is 6.07 Å². The number of amides is 1. The van der Waals surface area contributed by atoms with Crippen LogP contribution in [0.15, 0.2) is 16.8 Å². The van der Waals surface area contributed by atoms with Crippen molar-refractivity contribution in [2.75, 3.05) is 13.2 Å². The highest BCUT2D eigenvalue weighted by Gasteiger charge is 2.40. The molecule has 0 aromatic carbocycles. The molecule has 1 saturated heterocycles. The van der Waals surface area contributed by atoms with Crippen LogP contribution in [0.5, 0.6) is 0 Å². The van der Waals surface area contributed by atoms with Gasteiger partial charge in [-0.1, -0.05) is 0 Å². The maximum absolute atomic E-state index is 12.1. The first kappa shape index (κ1) is 12.1. The quantitative estimate of drug-likeness (QED) is 0.888. The molecule has 1 aliphatic heterocycles. The van der Waals surface area contributed by atoms with Gasteiger partial charge in [0, 0.05) is 19.8 Å². The molecule has 2 rings (SSSR count). The molecule has 1 aromatic rings. The van der Waals surface area contributed by atoms with Gasteiger partial charge in [-0.3, -0.25) is 4.79 Å². The van der Waals surface area contributed by atoms with Crippen LogP contribution in [0.2, 0.25) is 0 Å². The van der Waals surface area contributed by atoms with E-state index in [1.54, 1.807) is 11.3 Å². The number of hydrogen-bond donors (Lipinski definition) is 1. The summed E-state index contributed by atoms with van der Waals surface area (Å²) in [6.07, 6.45) is 0.970. The summed E-state index contributed by atoms with van der Waals surface area (Å²) in [5.41, 5.74) is 0.178. The normalized spacial score (nSPS) is 18.3. The highest BCUT2D eigenvalue weighted by molar-refractivity contribution is 7.07. The molecule has 0 saturated carbocycles. The third-order valence-corrected chi connectivity index (χ3v) is 3.76. The number of nitrogens with zero attached hydrogens (tertiary/aromatic N) is 1. The van der Waals surface area contributed by atoms with Crippen molar-refractivity contribution in [1.29, 1.82) is 5.26 Å². The van der Waals surface area contributed by atoms with Gasteiger partial charge < -0.3 is 10.1 Å². The highest BCUT2D eigenvalue weighted by Crippen LogP contribution is 2.29. The molecule has 1 amide bonds. The standard InChI is InChI=1S/C12H14N2O2S/c13-9-12(2-4-16-5-3-12)11(15)14-7-10-1-6-17-8-10/h1,6,8H,2-5,7H2,(H,14,15). The second-order valence-electron chi connectivity index (χ2n) is 4.12. The van der Waals surface area contributed by atoms with E-state index in [2.05, 4.69) is 11.4 Å². The van der Waals surface area contributed by atoms with Crippen LogP contribution in [-0.2, 0) is 16.1 Å². The van der Waals surface area contributed by atoms with Crippen molar-refractivity contribution in [3.63, 3.8) is 0 Å². The maximum atomic E-state index is 12.1. The van der Waals surface area contributed by atoms with Gasteiger partial charge in [0.2, 0.25) is 5.91 Å². The summed E-state index contributed by atoms with van der Waals surface area (Å²) in [5, 5.41) is 16.0. The number of hydrogen-bond acceptors (Lipinski definition) is 4. The Hall–Kier alpha value is -1.38. The van der Waals surface area contributed by atoms with E-state index in [1.165, 1.54) is 0 Å². The second kappa shape index (κ2) is 5.30. The number of ether oxygens (including phenoxy) is 1. The molecule has 1 aromatic heterocycles. The predicted octanol–water partition coefficient (Wildman–Crippen LogP) is 1.68. The fourth-order valence-electron chi connectivity index (χ4n) is 1.85. The van der Waals surface area contributed by atoms with Crippen molar-refractivity contribution >= 4 is 17.2 Å². The summed E-state index contributed by atoms with van der Waals surface area (Å²) in [6, 6.07) is 4.12. The van der Waals surface area contributed by atoms with E-state index in [9.17, 15) is 10.1 Å². The molecule has 4 nitrogen and oxygen atoms in total.